The minimum absolute atomic E-state index is 1.28. The molecule has 0 heteroatoms. The smallest absolute Gasteiger partial charge is 0.0238 e. The van der Waals surface area contributed by atoms with Gasteiger partial charge in [0.1, 0.15) is 0 Å². The van der Waals surface area contributed by atoms with Crippen molar-refractivity contribution in [3.05, 3.63) is 41.3 Å². The van der Waals surface area contributed by atoms with Crippen molar-refractivity contribution < 1.29 is 0 Å². The summed E-state index contributed by atoms with van der Waals surface area (Å²) in [7, 11) is 0. The zero-order valence-electron chi connectivity index (χ0n) is 53.5. The molecular weight excluding hydrogens is 913 g/mol. The average Bonchev–Trinajstić information content (AvgIpc) is 3.42. The molecule has 0 fully saturated rings. The van der Waals surface area contributed by atoms with Gasteiger partial charge in [-0.15, -0.1) is 0 Å². The van der Waals surface area contributed by atoms with Crippen molar-refractivity contribution in [2.75, 3.05) is 0 Å². The zero-order chi connectivity index (χ0) is 54.4. The second kappa shape index (κ2) is 63.4. The fourth-order valence-electron chi connectivity index (χ4n) is 12.9. The van der Waals surface area contributed by atoms with Gasteiger partial charge in [-0.2, -0.15) is 0 Å². The topological polar surface area (TPSA) is 0 Å². The quantitative estimate of drug-likeness (QED) is 0.0571. The summed E-state index contributed by atoms with van der Waals surface area (Å²) >= 11 is 0. The molecule has 0 bridgehead atoms. The first-order chi connectivity index (χ1) is 37.7. The number of aryl methyl sites for hydroxylation is 2. The van der Waals surface area contributed by atoms with Gasteiger partial charge in [0, 0.05) is 0 Å². The van der Waals surface area contributed by atoms with E-state index in [0.717, 1.165) is 0 Å². The van der Waals surface area contributed by atoms with Gasteiger partial charge < -0.3 is 0 Å². The highest BCUT2D eigenvalue weighted by Crippen LogP contribution is 2.26. The maximum atomic E-state index is 4.55. The van der Waals surface area contributed by atoms with Crippen molar-refractivity contribution in [3.8, 4) is 0 Å². The Bertz CT molecular complexity index is 1140. The Morgan fingerprint density at radius 2 is 0.316 bits per heavy atom. The van der Waals surface area contributed by atoms with Crippen molar-refractivity contribution in [1.29, 1.82) is 0 Å². The first-order valence-corrected chi connectivity index (χ1v) is 36.7. The summed E-state index contributed by atoms with van der Waals surface area (Å²) in [4.78, 5) is 0. The predicted molar refractivity (Wildman–Crippen MR) is 350 cm³/mol. The maximum Gasteiger partial charge on any atom is -0.0238 e. The van der Waals surface area contributed by atoms with Crippen LogP contribution in [0.25, 0.3) is 0 Å². The van der Waals surface area contributed by atoms with Crippen LogP contribution < -0.4 is 0 Å². The molecule has 0 aromatic heterocycles. The van der Waals surface area contributed by atoms with E-state index in [0.29, 0.717) is 0 Å². The van der Waals surface area contributed by atoms with Gasteiger partial charge in [-0.05, 0) is 67.7 Å². The molecule has 449 valence electrons. The molecule has 0 aliphatic heterocycles. The molecule has 1 rings (SSSR count). The lowest BCUT2D eigenvalue weighted by Crippen LogP contribution is -2.03. The Kier molecular flexibility index (Phi) is 61.1. The number of benzene rings is 1. The van der Waals surface area contributed by atoms with Gasteiger partial charge in [-0.25, -0.2) is 0 Å². The van der Waals surface area contributed by atoms with E-state index in [4.69, 9.17) is 0 Å². The average molecular weight is 1060 g/mol. The molecule has 0 heterocycles. The Labute approximate surface area is 483 Å². The van der Waals surface area contributed by atoms with Crippen LogP contribution in [0.15, 0.2) is 12.1 Å². The van der Waals surface area contributed by atoms with Gasteiger partial charge in [-0.1, -0.05) is 418 Å². The van der Waals surface area contributed by atoms with Crippen LogP contribution in [0.1, 0.15) is 448 Å². The first kappa shape index (κ1) is 73.2. The molecule has 0 saturated heterocycles. The zero-order valence-corrected chi connectivity index (χ0v) is 53.5. The van der Waals surface area contributed by atoms with E-state index < -0.39 is 0 Å². The number of hydrogen-bond donors (Lipinski definition) is 0. The summed E-state index contributed by atoms with van der Waals surface area (Å²) in [5.41, 5.74) is 6.39. The second-order valence-corrected chi connectivity index (χ2v) is 25.9. The molecule has 0 nitrogen and oxygen atoms in total. The molecule has 0 spiro atoms. The minimum Gasteiger partial charge on any atom is -0.0654 e. The third-order valence-corrected chi connectivity index (χ3v) is 18.1. The molecule has 76 heavy (non-hydrogen) atoms. The van der Waals surface area contributed by atoms with Gasteiger partial charge in [0.05, 0.1) is 0 Å². The minimum atomic E-state index is 1.28. The Morgan fingerprint density at radius 3 is 0.474 bits per heavy atom. The summed E-state index contributed by atoms with van der Waals surface area (Å²) in [5.74, 6) is 0. The van der Waals surface area contributed by atoms with Gasteiger partial charge in [-0.3, -0.25) is 0 Å². The van der Waals surface area contributed by atoms with Crippen LogP contribution in [0, 0.1) is 6.92 Å². The molecule has 0 amide bonds. The van der Waals surface area contributed by atoms with E-state index >= 15 is 0 Å². The van der Waals surface area contributed by atoms with Gasteiger partial charge >= 0.3 is 0 Å². The van der Waals surface area contributed by atoms with Crippen LogP contribution >= 0.6 is 0 Å². The van der Waals surface area contributed by atoms with Crippen LogP contribution in [0.2, 0.25) is 0 Å². The molecule has 1 aromatic carbocycles. The Balaban J connectivity index is 2.30. The van der Waals surface area contributed by atoms with E-state index in [-0.39, 0.29) is 0 Å². The van der Waals surface area contributed by atoms with E-state index in [1.165, 1.54) is 429 Å². The van der Waals surface area contributed by atoms with E-state index in [1.54, 1.807) is 16.7 Å². The largest absolute Gasteiger partial charge is 0.0654 e. The Hall–Kier alpha value is -0.780. The highest BCUT2D eigenvalue weighted by Gasteiger charge is 2.11. The van der Waals surface area contributed by atoms with Crippen LogP contribution in [0.5, 0.6) is 0 Å². The van der Waals surface area contributed by atoms with Crippen molar-refractivity contribution in [1.82, 2.24) is 0 Å². The molecule has 1 aromatic rings. The molecule has 0 aliphatic carbocycles. The van der Waals surface area contributed by atoms with Crippen molar-refractivity contribution in [2.24, 2.45) is 0 Å². The molecular formula is C76H145. The van der Waals surface area contributed by atoms with E-state index in [2.05, 4.69) is 39.8 Å². The van der Waals surface area contributed by atoms with E-state index in [9.17, 15) is 0 Å². The molecule has 0 N–H and O–H groups in total. The highest BCUT2D eigenvalue weighted by atomic mass is 14.2. The third-order valence-electron chi connectivity index (χ3n) is 18.1. The van der Waals surface area contributed by atoms with Crippen LogP contribution in [-0.4, -0.2) is 0 Å². The van der Waals surface area contributed by atoms with Gasteiger partial charge in [0.15, 0.2) is 0 Å². The van der Waals surface area contributed by atoms with Crippen molar-refractivity contribution in [2.45, 2.75) is 445 Å². The number of hydrogen-bond acceptors (Lipinski definition) is 0. The summed E-state index contributed by atoms with van der Waals surface area (Å²) in [5, 5.41) is 0. The fourth-order valence-corrected chi connectivity index (χ4v) is 12.9. The van der Waals surface area contributed by atoms with Crippen LogP contribution in [-0.2, 0) is 19.3 Å². The lowest BCUT2D eigenvalue weighted by atomic mass is 9.88. The van der Waals surface area contributed by atoms with Crippen LogP contribution in [0.4, 0.5) is 0 Å². The van der Waals surface area contributed by atoms with E-state index in [1.807, 2.05) is 0 Å². The maximum absolute atomic E-state index is 4.55. The van der Waals surface area contributed by atoms with Gasteiger partial charge in [0.25, 0.3) is 0 Å². The summed E-state index contributed by atoms with van der Waals surface area (Å²) in [6, 6.07) is 5.01. The summed E-state index contributed by atoms with van der Waals surface area (Å²) < 4.78 is 0. The summed E-state index contributed by atoms with van der Waals surface area (Å²) in [6.45, 7) is 11.5. The van der Waals surface area contributed by atoms with Crippen molar-refractivity contribution >= 4 is 0 Å². The third kappa shape index (κ3) is 53.8. The van der Waals surface area contributed by atoms with Crippen molar-refractivity contribution in [3.63, 3.8) is 0 Å². The SMILES string of the molecule is [CH2]c1cc(CCCCCCCCCCCCCCCCCCCCCCC)c(CCCCCCCCCCCCCCCCCCCCCCC)c(CCCCCCCCCCCCCCCCCCCCCCC)c1. The fraction of sp³-hybridized carbons (Fsp3) is 0.908. The van der Waals surface area contributed by atoms with Crippen LogP contribution in [0.3, 0.4) is 0 Å². The molecule has 0 saturated carbocycles. The highest BCUT2D eigenvalue weighted by molar-refractivity contribution is 5.41. The molecule has 0 aliphatic rings. The predicted octanol–water partition coefficient (Wildman–Crippen LogP) is 28.1. The number of unbranched alkanes of at least 4 members (excludes halogenated alkanes) is 60. The molecule has 0 atom stereocenters. The molecule has 0 unspecified atom stereocenters. The summed E-state index contributed by atoms with van der Waals surface area (Å²) in [6.07, 6.45) is 95.8. The standard InChI is InChI=1S/C76H145/c1-5-8-11-14-17-20-23-26-29-32-35-38-41-44-47-50-53-56-59-62-65-68-74-71-73(4)72-75(69-66-63-60-57-54-51-48-45-42-39-36-33-30-27-24-21-18-15-12-9-6-2)76(74)70-67-64-61-58-55-52-49-46-43-40-37-34-31-28-25-22-19-16-13-10-7-3/h71-72H,4-70H2,1-3H3. The molecule has 1 radical (unpaired) electrons. The monoisotopic (exact) mass is 1060 g/mol. The normalized spacial score (nSPS) is 11.7. The lowest BCUT2D eigenvalue weighted by Gasteiger charge is -2.17. The second-order valence-electron chi connectivity index (χ2n) is 25.9. The lowest BCUT2D eigenvalue weighted by molar-refractivity contribution is 0.519. The van der Waals surface area contributed by atoms with Gasteiger partial charge in [0.2, 0.25) is 0 Å². The Morgan fingerprint density at radius 1 is 0.184 bits per heavy atom. The number of rotatable bonds is 66. The first-order valence-electron chi connectivity index (χ1n) is 36.7.